The van der Waals surface area contributed by atoms with Crippen molar-refractivity contribution in [1.82, 2.24) is 0 Å². The van der Waals surface area contributed by atoms with Crippen LogP contribution in [0.25, 0.3) is 0 Å². The van der Waals surface area contributed by atoms with Crippen LogP contribution in [0.1, 0.15) is 18.5 Å². The first-order valence-corrected chi connectivity index (χ1v) is 5.61. The Balaban J connectivity index is 1.96. The van der Waals surface area contributed by atoms with E-state index in [1.54, 1.807) is 0 Å². The normalized spacial score (nSPS) is 23.8. The lowest BCUT2D eigenvalue weighted by molar-refractivity contribution is 0.320. The van der Waals surface area contributed by atoms with Gasteiger partial charge in [-0.1, -0.05) is 48.5 Å². The van der Waals surface area contributed by atoms with Crippen LogP contribution in [-0.2, 0) is 4.74 Å². The average Bonchev–Trinajstić information content (AvgIpc) is 2.85. The Kier molecular flexibility index (Phi) is 2.34. The zero-order valence-electron chi connectivity index (χ0n) is 10.3. The number of nitrogens with zero attached hydrogens (tertiary/aromatic N) is 1. The molecule has 1 aliphatic rings. The molecule has 0 aliphatic carbocycles. The highest BCUT2D eigenvalue weighted by molar-refractivity contribution is 5.95. The van der Waals surface area contributed by atoms with Crippen LogP contribution in [-0.4, -0.2) is 12.5 Å². The number of hydrogen-bond acceptors (Lipinski definition) is 2. The van der Waals surface area contributed by atoms with Gasteiger partial charge in [0.1, 0.15) is 12.6 Å². The minimum atomic E-state index is -1.02. The number of benzene rings is 2. The van der Waals surface area contributed by atoms with Crippen molar-refractivity contribution in [3.8, 4) is 0 Å². The monoisotopic (exact) mass is 224 g/mol. The zero-order chi connectivity index (χ0) is 12.4. The summed E-state index contributed by atoms with van der Waals surface area (Å²) < 4.78 is 14.0. The largest absolute Gasteiger partial charge is 0.475 e. The summed E-state index contributed by atoms with van der Waals surface area (Å²) in [5, 5.41) is 0. The number of rotatable bonds is 2. The van der Waals surface area contributed by atoms with Crippen LogP contribution in [0.15, 0.2) is 65.7 Å². The molecule has 0 bridgehead atoms. The maximum atomic E-state index is 8.39. The Morgan fingerprint density at radius 2 is 1.65 bits per heavy atom. The zero-order valence-corrected chi connectivity index (χ0v) is 9.34. The van der Waals surface area contributed by atoms with Crippen molar-refractivity contribution in [1.29, 1.82) is 0 Å². The van der Waals surface area contributed by atoms with E-state index in [2.05, 4.69) is 4.99 Å². The average molecular weight is 224 g/mol. The van der Waals surface area contributed by atoms with Gasteiger partial charge in [-0.25, -0.2) is 4.99 Å². The van der Waals surface area contributed by atoms with Crippen LogP contribution in [0.4, 0.5) is 0 Å². The van der Waals surface area contributed by atoms with Gasteiger partial charge in [0.2, 0.25) is 5.90 Å². The molecule has 0 aromatic heterocycles. The number of aliphatic imine (C=N–C) groups is 1. The van der Waals surface area contributed by atoms with Gasteiger partial charge in [0.05, 0.1) is 1.37 Å². The third kappa shape index (κ3) is 2.07. The number of hydrogen-bond donors (Lipinski definition) is 0. The molecule has 84 valence electrons. The number of ether oxygens (including phenoxy) is 1. The summed E-state index contributed by atoms with van der Waals surface area (Å²) in [4.78, 5) is 4.42. The molecule has 2 heteroatoms. The third-order valence-corrected chi connectivity index (χ3v) is 2.71. The second-order valence-electron chi connectivity index (χ2n) is 3.88. The highest BCUT2D eigenvalue weighted by Gasteiger charge is 2.20. The van der Waals surface area contributed by atoms with E-state index in [1.165, 1.54) is 0 Å². The molecule has 2 nitrogen and oxygen atoms in total. The summed E-state index contributed by atoms with van der Waals surface area (Å²) in [5.41, 5.74) is 1.78. The topological polar surface area (TPSA) is 21.6 Å². The van der Waals surface area contributed by atoms with Crippen molar-refractivity contribution in [2.75, 3.05) is 6.61 Å². The minimum Gasteiger partial charge on any atom is -0.475 e. The fraction of sp³-hybridized carbons (Fsp3) is 0.133. The summed E-state index contributed by atoms with van der Waals surface area (Å²) >= 11 is 0. The van der Waals surface area contributed by atoms with E-state index in [1.807, 2.05) is 60.7 Å². The molecule has 0 spiro atoms. The molecule has 0 N–H and O–H groups in total. The van der Waals surface area contributed by atoms with Crippen LogP contribution in [0, 0.1) is 0 Å². The molecule has 1 atom stereocenters. The second kappa shape index (κ2) is 4.42. The van der Waals surface area contributed by atoms with E-state index < -0.39 is 6.02 Å². The van der Waals surface area contributed by atoms with Crippen molar-refractivity contribution in [3.63, 3.8) is 0 Å². The Labute approximate surface area is 102 Å². The van der Waals surface area contributed by atoms with Crippen LogP contribution in [0.2, 0.25) is 0 Å². The van der Waals surface area contributed by atoms with Gasteiger partial charge in [0, 0.05) is 5.56 Å². The Bertz CT molecular complexity index is 568. The summed E-state index contributed by atoms with van der Waals surface area (Å²) in [7, 11) is 0. The molecule has 0 amide bonds. The van der Waals surface area contributed by atoms with E-state index >= 15 is 0 Å². The minimum absolute atomic E-state index is 0.265. The summed E-state index contributed by atoms with van der Waals surface area (Å²) in [6, 6.07) is 18.3. The molecular formula is C15H13NO. The SMILES string of the molecule is [2H]C1(c2ccccc2)COC(c2ccccc2)=N1. The van der Waals surface area contributed by atoms with Crippen molar-refractivity contribution in [3.05, 3.63) is 71.8 Å². The third-order valence-electron chi connectivity index (χ3n) is 2.71. The molecule has 3 rings (SSSR count). The standard InChI is InChI=1S/C15H13NO/c1-3-7-12(8-4-1)14-11-17-15(16-14)13-9-5-2-6-10-13/h1-10,14H,11H2/i14D. The first-order valence-electron chi connectivity index (χ1n) is 6.11. The molecule has 1 aliphatic heterocycles. The maximum Gasteiger partial charge on any atom is 0.216 e. The fourth-order valence-corrected chi connectivity index (χ4v) is 1.83. The lowest BCUT2D eigenvalue weighted by atomic mass is 10.1. The first kappa shape index (κ1) is 8.99. The van der Waals surface area contributed by atoms with Gasteiger partial charge >= 0.3 is 0 Å². The molecule has 0 saturated carbocycles. The molecule has 0 radical (unpaired) electrons. The Hall–Kier alpha value is -2.09. The van der Waals surface area contributed by atoms with Gasteiger partial charge in [-0.2, -0.15) is 0 Å². The quantitative estimate of drug-likeness (QED) is 0.767. The van der Waals surface area contributed by atoms with Crippen molar-refractivity contribution < 1.29 is 6.11 Å². The summed E-state index contributed by atoms with van der Waals surface area (Å²) in [6.07, 6.45) is 0. The molecule has 2 aromatic carbocycles. The van der Waals surface area contributed by atoms with Crippen LogP contribution < -0.4 is 0 Å². The van der Waals surface area contributed by atoms with Gasteiger partial charge in [0.25, 0.3) is 0 Å². The van der Waals surface area contributed by atoms with E-state index in [0.29, 0.717) is 5.90 Å². The van der Waals surface area contributed by atoms with Gasteiger partial charge in [-0.15, -0.1) is 0 Å². The molecule has 0 saturated heterocycles. The maximum absolute atomic E-state index is 8.39. The lowest BCUT2D eigenvalue weighted by Gasteiger charge is -2.03. The van der Waals surface area contributed by atoms with E-state index in [-0.39, 0.29) is 6.61 Å². The van der Waals surface area contributed by atoms with E-state index in [4.69, 9.17) is 6.11 Å². The Morgan fingerprint density at radius 3 is 2.35 bits per heavy atom. The van der Waals surface area contributed by atoms with Crippen LogP contribution in [0.5, 0.6) is 0 Å². The predicted molar refractivity (Wildman–Crippen MR) is 68.1 cm³/mol. The molecule has 17 heavy (non-hydrogen) atoms. The van der Waals surface area contributed by atoms with Crippen LogP contribution in [0.3, 0.4) is 0 Å². The molecule has 2 aromatic rings. The van der Waals surface area contributed by atoms with E-state index in [9.17, 15) is 0 Å². The lowest BCUT2D eigenvalue weighted by Crippen LogP contribution is -2.00. The molecule has 1 heterocycles. The van der Waals surface area contributed by atoms with Crippen molar-refractivity contribution >= 4 is 5.90 Å². The molecule has 1 unspecified atom stereocenters. The highest BCUT2D eigenvalue weighted by atomic mass is 16.5. The Morgan fingerprint density at radius 1 is 1.00 bits per heavy atom. The summed E-state index contributed by atoms with van der Waals surface area (Å²) in [5.74, 6) is 0.550. The predicted octanol–water partition coefficient (Wildman–Crippen LogP) is 3.20. The van der Waals surface area contributed by atoms with Crippen molar-refractivity contribution in [2.24, 2.45) is 4.99 Å². The van der Waals surface area contributed by atoms with Crippen molar-refractivity contribution in [2.45, 2.75) is 6.02 Å². The van der Waals surface area contributed by atoms with Gasteiger partial charge in [-0.05, 0) is 17.7 Å². The van der Waals surface area contributed by atoms with Gasteiger partial charge < -0.3 is 4.74 Å². The smallest absolute Gasteiger partial charge is 0.216 e. The molecular weight excluding hydrogens is 210 g/mol. The summed E-state index contributed by atoms with van der Waals surface area (Å²) in [6.45, 7) is 0.265. The molecule has 0 fully saturated rings. The van der Waals surface area contributed by atoms with Gasteiger partial charge in [-0.3, -0.25) is 0 Å². The second-order valence-corrected chi connectivity index (χ2v) is 3.88. The first-order chi connectivity index (χ1) is 8.78. The van der Waals surface area contributed by atoms with Gasteiger partial charge in [0.15, 0.2) is 0 Å². The highest BCUT2D eigenvalue weighted by Crippen LogP contribution is 2.24. The fourth-order valence-electron chi connectivity index (χ4n) is 1.83. The van der Waals surface area contributed by atoms with E-state index in [0.717, 1.165) is 11.1 Å². The van der Waals surface area contributed by atoms with Crippen LogP contribution >= 0.6 is 0 Å².